The molecule has 0 bridgehead atoms. The van der Waals surface area contributed by atoms with Gasteiger partial charge in [-0.25, -0.2) is 0 Å². The fourth-order valence-electron chi connectivity index (χ4n) is 1.50. The number of alkyl halides is 2. The first-order valence-corrected chi connectivity index (χ1v) is 6.08. The lowest BCUT2D eigenvalue weighted by atomic mass is 10.2. The van der Waals surface area contributed by atoms with Gasteiger partial charge in [0.15, 0.2) is 0 Å². The third-order valence-electron chi connectivity index (χ3n) is 2.24. The zero-order valence-electron chi connectivity index (χ0n) is 9.41. The molecule has 0 atom stereocenters. The molecular formula is C10H15Cl2N3O. The highest BCUT2D eigenvalue weighted by Gasteiger charge is 2.18. The molecule has 1 heterocycles. The van der Waals surface area contributed by atoms with Crippen LogP contribution in [0, 0.1) is 6.92 Å². The lowest BCUT2D eigenvalue weighted by Gasteiger charge is -2.19. The number of aromatic nitrogens is 2. The first-order valence-electron chi connectivity index (χ1n) is 5.01. The molecule has 0 saturated heterocycles. The maximum atomic E-state index is 12.1. The van der Waals surface area contributed by atoms with Crippen LogP contribution in [0.15, 0.2) is 6.20 Å². The number of carbonyl (C=O) groups is 1. The highest BCUT2D eigenvalue weighted by atomic mass is 35.5. The number of rotatable bonds is 5. The summed E-state index contributed by atoms with van der Waals surface area (Å²) in [4.78, 5) is 13.8. The van der Waals surface area contributed by atoms with Crippen molar-refractivity contribution in [3.05, 3.63) is 17.5 Å². The van der Waals surface area contributed by atoms with Gasteiger partial charge in [-0.05, 0) is 6.92 Å². The van der Waals surface area contributed by atoms with E-state index in [0.29, 0.717) is 30.4 Å². The van der Waals surface area contributed by atoms with E-state index in [0.717, 1.165) is 5.69 Å². The Morgan fingerprint density at radius 3 is 2.38 bits per heavy atom. The second-order valence-corrected chi connectivity index (χ2v) is 4.23. The molecule has 0 N–H and O–H groups in total. The standard InChI is InChI=1S/C10H15Cl2N3O/c1-8-9(7-14(2)13-8)10(16)15(5-3-11)6-4-12/h7H,3-6H2,1-2H3. The number of amides is 1. The Kier molecular flexibility index (Phi) is 5.09. The second kappa shape index (κ2) is 6.11. The maximum Gasteiger partial charge on any atom is 0.257 e. The highest BCUT2D eigenvalue weighted by molar-refractivity contribution is 6.18. The Morgan fingerprint density at radius 1 is 1.44 bits per heavy atom. The Bertz CT molecular complexity index is 359. The van der Waals surface area contributed by atoms with Gasteiger partial charge in [-0.15, -0.1) is 23.2 Å². The Morgan fingerprint density at radius 2 is 2.00 bits per heavy atom. The van der Waals surface area contributed by atoms with Crippen molar-refractivity contribution in [1.29, 1.82) is 0 Å². The van der Waals surface area contributed by atoms with Crippen molar-refractivity contribution >= 4 is 29.1 Å². The van der Waals surface area contributed by atoms with Gasteiger partial charge in [0.2, 0.25) is 0 Å². The number of aryl methyl sites for hydroxylation is 2. The normalized spacial score (nSPS) is 10.5. The fraction of sp³-hybridized carbons (Fsp3) is 0.600. The SMILES string of the molecule is Cc1nn(C)cc1C(=O)N(CCCl)CCCl. The zero-order chi connectivity index (χ0) is 12.1. The monoisotopic (exact) mass is 263 g/mol. The maximum absolute atomic E-state index is 12.1. The van der Waals surface area contributed by atoms with Crippen LogP contribution in [0.1, 0.15) is 16.1 Å². The molecule has 0 aromatic carbocycles. The first kappa shape index (κ1) is 13.3. The van der Waals surface area contributed by atoms with Crippen molar-refractivity contribution in [3.8, 4) is 0 Å². The molecule has 1 amide bonds. The number of nitrogens with zero attached hydrogens (tertiary/aromatic N) is 3. The average Bonchev–Trinajstić information content (AvgIpc) is 2.56. The largest absolute Gasteiger partial charge is 0.336 e. The van der Waals surface area contributed by atoms with E-state index in [1.54, 1.807) is 22.8 Å². The molecule has 16 heavy (non-hydrogen) atoms. The van der Waals surface area contributed by atoms with E-state index >= 15 is 0 Å². The third kappa shape index (κ3) is 3.12. The summed E-state index contributed by atoms with van der Waals surface area (Å²) < 4.78 is 1.63. The summed E-state index contributed by atoms with van der Waals surface area (Å²) in [5.41, 5.74) is 1.33. The van der Waals surface area contributed by atoms with Gasteiger partial charge in [0, 0.05) is 38.1 Å². The highest BCUT2D eigenvalue weighted by Crippen LogP contribution is 2.09. The van der Waals surface area contributed by atoms with Gasteiger partial charge in [-0.3, -0.25) is 9.48 Å². The summed E-state index contributed by atoms with van der Waals surface area (Å²) in [5, 5.41) is 4.14. The molecule has 0 radical (unpaired) electrons. The molecule has 1 aromatic heterocycles. The minimum Gasteiger partial charge on any atom is -0.336 e. The molecule has 0 unspecified atom stereocenters. The fourth-order valence-corrected chi connectivity index (χ4v) is 1.91. The van der Waals surface area contributed by atoms with Crippen LogP contribution in [-0.2, 0) is 7.05 Å². The summed E-state index contributed by atoms with van der Waals surface area (Å²) in [5.74, 6) is 0.746. The van der Waals surface area contributed by atoms with E-state index < -0.39 is 0 Å². The molecule has 0 aliphatic carbocycles. The van der Waals surface area contributed by atoms with Gasteiger partial charge >= 0.3 is 0 Å². The van der Waals surface area contributed by atoms with Crippen molar-refractivity contribution in [1.82, 2.24) is 14.7 Å². The van der Waals surface area contributed by atoms with Gasteiger partial charge < -0.3 is 4.90 Å². The number of carbonyl (C=O) groups excluding carboxylic acids is 1. The summed E-state index contributed by atoms with van der Waals surface area (Å²) in [6.45, 7) is 2.82. The van der Waals surface area contributed by atoms with Crippen LogP contribution < -0.4 is 0 Å². The van der Waals surface area contributed by atoms with E-state index in [4.69, 9.17) is 23.2 Å². The lowest BCUT2D eigenvalue weighted by Crippen LogP contribution is -2.34. The van der Waals surface area contributed by atoms with Crippen LogP contribution in [0.4, 0.5) is 0 Å². The van der Waals surface area contributed by atoms with E-state index in [2.05, 4.69) is 5.10 Å². The number of halogens is 2. The summed E-state index contributed by atoms with van der Waals surface area (Å²) in [6, 6.07) is 0. The quantitative estimate of drug-likeness (QED) is 0.758. The minimum absolute atomic E-state index is 0.0631. The predicted molar refractivity (Wildman–Crippen MR) is 65.3 cm³/mol. The molecule has 90 valence electrons. The van der Waals surface area contributed by atoms with Gasteiger partial charge in [0.1, 0.15) is 0 Å². The summed E-state index contributed by atoms with van der Waals surface area (Å²) in [6.07, 6.45) is 1.72. The van der Waals surface area contributed by atoms with Crippen LogP contribution in [0.5, 0.6) is 0 Å². The molecular weight excluding hydrogens is 249 g/mol. The molecule has 0 aliphatic rings. The molecule has 0 aliphatic heterocycles. The van der Waals surface area contributed by atoms with E-state index in [1.807, 2.05) is 6.92 Å². The molecule has 1 aromatic rings. The van der Waals surface area contributed by atoms with Crippen molar-refractivity contribution in [3.63, 3.8) is 0 Å². The van der Waals surface area contributed by atoms with E-state index in [-0.39, 0.29) is 5.91 Å². The third-order valence-corrected chi connectivity index (χ3v) is 2.58. The predicted octanol–water partition coefficient (Wildman–Crippen LogP) is 1.65. The van der Waals surface area contributed by atoms with Crippen molar-refractivity contribution in [2.45, 2.75) is 6.92 Å². The number of hydrogen-bond donors (Lipinski definition) is 0. The Balaban J connectivity index is 2.85. The molecule has 0 fully saturated rings. The van der Waals surface area contributed by atoms with Gasteiger partial charge in [0.05, 0.1) is 11.3 Å². The summed E-state index contributed by atoms with van der Waals surface area (Å²) in [7, 11) is 1.79. The van der Waals surface area contributed by atoms with Gasteiger partial charge in [-0.2, -0.15) is 5.10 Å². The number of hydrogen-bond acceptors (Lipinski definition) is 2. The van der Waals surface area contributed by atoms with Crippen LogP contribution in [-0.4, -0.2) is 45.4 Å². The molecule has 6 heteroatoms. The smallest absolute Gasteiger partial charge is 0.257 e. The van der Waals surface area contributed by atoms with Crippen molar-refractivity contribution < 1.29 is 4.79 Å². The molecule has 0 saturated carbocycles. The van der Waals surface area contributed by atoms with Crippen LogP contribution >= 0.6 is 23.2 Å². The van der Waals surface area contributed by atoms with Crippen LogP contribution in [0.3, 0.4) is 0 Å². The van der Waals surface area contributed by atoms with Gasteiger partial charge in [0.25, 0.3) is 5.91 Å². The minimum atomic E-state index is -0.0631. The average molecular weight is 264 g/mol. The van der Waals surface area contributed by atoms with Crippen LogP contribution in [0.25, 0.3) is 0 Å². The van der Waals surface area contributed by atoms with Crippen molar-refractivity contribution in [2.75, 3.05) is 24.8 Å². The van der Waals surface area contributed by atoms with Crippen LogP contribution in [0.2, 0.25) is 0 Å². The van der Waals surface area contributed by atoms with E-state index in [9.17, 15) is 4.79 Å². The Hall–Kier alpha value is -0.740. The first-order chi connectivity index (χ1) is 7.60. The zero-order valence-corrected chi connectivity index (χ0v) is 10.9. The molecule has 1 rings (SSSR count). The lowest BCUT2D eigenvalue weighted by molar-refractivity contribution is 0.0774. The topological polar surface area (TPSA) is 38.1 Å². The summed E-state index contributed by atoms with van der Waals surface area (Å²) >= 11 is 11.3. The van der Waals surface area contributed by atoms with Crippen molar-refractivity contribution in [2.24, 2.45) is 7.05 Å². The van der Waals surface area contributed by atoms with E-state index in [1.165, 1.54) is 0 Å². The van der Waals surface area contributed by atoms with Gasteiger partial charge in [-0.1, -0.05) is 0 Å². The Labute approximate surface area is 105 Å². The molecule has 0 spiro atoms. The second-order valence-electron chi connectivity index (χ2n) is 3.47. The molecule has 4 nitrogen and oxygen atoms in total.